The summed E-state index contributed by atoms with van der Waals surface area (Å²) in [4.78, 5) is 19.2. The summed E-state index contributed by atoms with van der Waals surface area (Å²) < 4.78 is 5.57. The first-order valence-corrected chi connectivity index (χ1v) is 11.1. The summed E-state index contributed by atoms with van der Waals surface area (Å²) in [7, 11) is 1.79. The SMILES string of the molecule is CCOCc1ccccc1CNC(=NC)NC1CCN(C(=O)C2CCCCC2)C1.I. The Morgan fingerprint density at radius 2 is 1.90 bits per heavy atom. The van der Waals surface area contributed by atoms with Crippen LogP contribution in [0.3, 0.4) is 0 Å². The fraction of sp³-hybridized carbons (Fsp3) is 0.652. The molecule has 1 aliphatic carbocycles. The molecular formula is C23H37IN4O2. The Bertz CT molecular complexity index is 692. The summed E-state index contributed by atoms with van der Waals surface area (Å²) in [6, 6.07) is 8.58. The van der Waals surface area contributed by atoms with Crippen molar-refractivity contribution in [2.45, 2.75) is 64.6 Å². The molecule has 1 saturated heterocycles. The van der Waals surface area contributed by atoms with Crippen molar-refractivity contribution < 1.29 is 9.53 Å². The van der Waals surface area contributed by atoms with Gasteiger partial charge in [-0.3, -0.25) is 9.79 Å². The maximum atomic E-state index is 12.8. The fourth-order valence-corrected chi connectivity index (χ4v) is 4.34. The summed E-state index contributed by atoms with van der Waals surface area (Å²) >= 11 is 0. The number of carbonyl (C=O) groups excluding carboxylic acids is 1. The molecule has 1 amide bonds. The zero-order valence-corrected chi connectivity index (χ0v) is 20.7. The fourth-order valence-electron chi connectivity index (χ4n) is 4.34. The number of halogens is 1. The Morgan fingerprint density at radius 1 is 1.17 bits per heavy atom. The summed E-state index contributed by atoms with van der Waals surface area (Å²) in [5.41, 5.74) is 2.41. The Balaban J connectivity index is 0.00000320. The molecular weight excluding hydrogens is 491 g/mol. The molecule has 1 heterocycles. The number of aliphatic imine (C=N–C) groups is 1. The van der Waals surface area contributed by atoms with Crippen molar-refractivity contribution in [3.63, 3.8) is 0 Å². The number of rotatable bonds is 7. The van der Waals surface area contributed by atoms with Gasteiger partial charge in [0.15, 0.2) is 5.96 Å². The quantitative estimate of drug-likeness (QED) is 0.322. The summed E-state index contributed by atoms with van der Waals surface area (Å²) in [5.74, 6) is 1.40. The lowest BCUT2D eigenvalue weighted by Crippen LogP contribution is -2.45. The third-order valence-electron chi connectivity index (χ3n) is 6.05. The van der Waals surface area contributed by atoms with E-state index in [0.29, 0.717) is 25.7 Å². The highest BCUT2D eigenvalue weighted by Crippen LogP contribution is 2.26. The molecule has 2 fully saturated rings. The minimum absolute atomic E-state index is 0. The van der Waals surface area contributed by atoms with Crippen molar-refractivity contribution >= 4 is 35.8 Å². The second-order valence-electron chi connectivity index (χ2n) is 8.08. The third kappa shape index (κ3) is 7.11. The van der Waals surface area contributed by atoms with E-state index in [-0.39, 0.29) is 35.9 Å². The third-order valence-corrected chi connectivity index (χ3v) is 6.05. The number of guanidine groups is 1. The first-order chi connectivity index (χ1) is 14.2. The molecule has 1 saturated carbocycles. The molecule has 2 N–H and O–H groups in total. The molecule has 168 valence electrons. The predicted molar refractivity (Wildman–Crippen MR) is 132 cm³/mol. The number of amides is 1. The Labute approximate surface area is 198 Å². The van der Waals surface area contributed by atoms with Gasteiger partial charge < -0.3 is 20.3 Å². The number of hydrogen-bond donors (Lipinski definition) is 2. The molecule has 0 radical (unpaired) electrons. The predicted octanol–water partition coefficient (Wildman–Crippen LogP) is 3.69. The minimum atomic E-state index is 0. The summed E-state index contributed by atoms with van der Waals surface area (Å²) in [5, 5.41) is 6.92. The first kappa shape index (κ1) is 24.9. The van der Waals surface area contributed by atoms with Crippen molar-refractivity contribution in [3.8, 4) is 0 Å². The maximum absolute atomic E-state index is 12.8. The highest BCUT2D eigenvalue weighted by atomic mass is 127. The van der Waals surface area contributed by atoms with Crippen LogP contribution in [0.5, 0.6) is 0 Å². The molecule has 1 aromatic carbocycles. The van der Waals surface area contributed by atoms with Crippen LogP contribution in [0.1, 0.15) is 56.6 Å². The van der Waals surface area contributed by atoms with Gasteiger partial charge >= 0.3 is 0 Å². The van der Waals surface area contributed by atoms with Crippen LogP contribution in [-0.4, -0.2) is 49.6 Å². The van der Waals surface area contributed by atoms with E-state index in [4.69, 9.17) is 4.74 Å². The maximum Gasteiger partial charge on any atom is 0.225 e. The monoisotopic (exact) mass is 528 g/mol. The van der Waals surface area contributed by atoms with Crippen LogP contribution in [0.25, 0.3) is 0 Å². The average Bonchev–Trinajstić information content (AvgIpc) is 3.24. The molecule has 30 heavy (non-hydrogen) atoms. The molecule has 3 rings (SSSR count). The van der Waals surface area contributed by atoms with Gasteiger partial charge in [0, 0.05) is 45.2 Å². The van der Waals surface area contributed by atoms with Gasteiger partial charge in [0.25, 0.3) is 0 Å². The molecule has 6 nitrogen and oxygen atoms in total. The topological polar surface area (TPSA) is 66.0 Å². The number of carbonyl (C=O) groups is 1. The molecule has 0 bridgehead atoms. The molecule has 1 aromatic rings. The van der Waals surface area contributed by atoms with Crippen LogP contribution < -0.4 is 10.6 Å². The van der Waals surface area contributed by atoms with E-state index >= 15 is 0 Å². The minimum Gasteiger partial charge on any atom is -0.377 e. The summed E-state index contributed by atoms with van der Waals surface area (Å²) in [6.45, 7) is 5.67. The van der Waals surface area contributed by atoms with Gasteiger partial charge in [-0.05, 0) is 37.3 Å². The van der Waals surface area contributed by atoms with Gasteiger partial charge in [-0.25, -0.2) is 0 Å². The largest absolute Gasteiger partial charge is 0.377 e. The molecule has 0 aromatic heterocycles. The number of nitrogens with zero attached hydrogens (tertiary/aromatic N) is 2. The van der Waals surface area contributed by atoms with Gasteiger partial charge in [-0.15, -0.1) is 24.0 Å². The van der Waals surface area contributed by atoms with Crippen LogP contribution in [0, 0.1) is 5.92 Å². The first-order valence-electron chi connectivity index (χ1n) is 11.1. The standard InChI is InChI=1S/C23H36N4O2.HI/c1-3-29-17-20-12-8-7-11-19(20)15-25-23(24-2)26-21-13-14-27(16-21)22(28)18-9-5-4-6-10-18;/h7-8,11-12,18,21H,3-6,9-10,13-17H2,1-2H3,(H2,24,25,26);1H. The van der Waals surface area contributed by atoms with E-state index in [2.05, 4.69) is 32.7 Å². The normalized spacial score (nSPS) is 20.0. The van der Waals surface area contributed by atoms with E-state index in [1.54, 1.807) is 7.05 Å². The smallest absolute Gasteiger partial charge is 0.225 e. The molecule has 1 atom stereocenters. The van der Waals surface area contributed by atoms with Gasteiger partial charge in [-0.1, -0.05) is 43.5 Å². The van der Waals surface area contributed by atoms with Crippen molar-refractivity contribution in [1.29, 1.82) is 0 Å². The number of hydrogen-bond acceptors (Lipinski definition) is 3. The molecule has 1 aliphatic heterocycles. The highest BCUT2D eigenvalue weighted by molar-refractivity contribution is 14.0. The van der Waals surface area contributed by atoms with Gasteiger partial charge in [-0.2, -0.15) is 0 Å². The average molecular weight is 528 g/mol. The molecule has 2 aliphatic rings. The van der Waals surface area contributed by atoms with Gasteiger partial charge in [0.05, 0.1) is 6.61 Å². The Hall–Kier alpha value is -1.35. The lowest BCUT2D eigenvalue weighted by molar-refractivity contribution is -0.135. The van der Waals surface area contributed by atoms with E-state index in [9.17, 15) is 4.79 Å². The van der Waals surface area contributed by atoms with Crippen molar-refractivity contribution in [1.82, 2.24) is 15.5 Å². The van der Waals surface area contributed by atoms with Crippen molar-refractivity contribution in [3.05, 3.63) is 35.4 Å². The van der Waals surface area contributed by atoms with Crippen molar-refractivity contribution in [2.75, 3.05) is 26.7 Å². The lowest BCUT2D eigenvalue weighted by atomic mass is 9.88. The van der Waals surface area contributed by atoms with Gasteiger partial charge in [0.2, 0.25) is 5.91 Å². The second-order valence-corrected chi connectivity index (χ2v) is 8.08. The van der Waals surface area contributed by atoms with E-state index in [1.165, 1.54) is 30.4 Å². The Morgan fingerprint density at radius 3 is 2.60 bits per heavy atom. The number of benzene rings is 1. The second kappa shape index (κ2) is 13.1. The number of nitrogens with one attached hydrogen (secondary N) is 2. The van der Waals surface area contributed by atoms with Crippen molar-refractivity contribution in [2.24, 2.45) is 10.9 Å². The van der Waals surface area contributed by atoms with Gasteiger partial charge in [0.1, 0.15) is 0 Å². The number of ether oxygens (including phenoxy) is 1. The van der Waals surface area contributed by atoms with Crippen LogP contribution in [0.2, 0.25) is 0 Å². The number of likely N-dealkylation sites (tertiary alicyclic amines) is 1. The van der Waals surface area contributed by atoms with Crippen LogP contribution in [0.4, 0.5) is 0 Å². The zero-order chi connectivity index (χ0) is 20.5. The van der Waals surface area contributed by atoms with Crippen LogP contribution in [0.15, 0.2) is 29.3 Å². The van der Waals surface area contributed by atoms with Crippen LogP contribution >= 0.6 is 24.0 Å². The summed E-state index contributed by atoms with van der Waals surface area (Å²) in [6.07, 6.45) is 6.79. The van der Waals surface area contributed by atoms with E-state index in [0.717, 1.165) is 38.3 Å². The zero-order valence-electron chi connectivity index (χ0n) is 18.4. The van der Waals surface area contributed by atoms with E-state index < -0.39 is 0 Å². The molecule has 0 spiro atoms. The van der Waals surface area contributed by atoms with E-state index in [1.807, 2.05) is 19.1 Å². The van der Waals surface area contributed by atoms with Crippen LogP contribution in [-0.2, 0) is 22.7 Å². The lowest BCUT2D eigenvalue weighted by Gasteiger charge is -2.26. The molecule has 1 unspecified atom stereocenters. The highest BCUT2D eigenvalue weighted by Gasteiger charge is 2.31. The Kier molecular flexibility index (Phi) is 10.9. The molecule has 7 heteroatoms.